The average Bonchev–Trinajstić information content (AvgIpc) is 3.06. The van der Waals surface area contributed by atoms with Crippen molar-refractivity contribution in [3.63, 3.8) is 0 Å². The molecule has 116 valence electrons. The first-order valence-corrected chi connectivity index (χ1v) is 7.73. The van der Waals surface area contributed by atoms with Gasteiger partial charge in [0.25, 0.3) is 11.8 Å². The Labute approximate surface area is 133 Å². The van der Waals surface area contributed by atoms with Gasteiger partial charge in [-0.25, -0.2) is 0 Å². The first-order chi connectivity index (χ1) is 10.5. The molecule has 0 spiro atoms. The number of rotatable bonds is 5. The van der Waals surface area contributed by atoms with Crippen molar-refractivity contribution in [2.45, 2.75) is 6.10 Å². The van der Waals surface area contributed by atoms with E-state index < -0.39 is 6.10 Å². The third-order valence-corrected chi connectivity index (χ3v) is 3.86. The summed E-state index contributed by atoms with van der Waals surface area (Å²) in [5.74, 6) is -0.476. The molecule has 2 rings (SSSR count). The van der Waals surface area contributed by atoms with Crippen molar-refractivity contribution in [2.75, 3.05) is 20.6 Å². The number of nitrogens with one attached hydrogen (secondary N) is 1. The monoisotopic (exact) mass is 318 g/mol. The molecular weight excluding hydrogens is 300 g/mol. The maximum Gasteiger partial charge on any atom is 0.253 e. The molecule has 1 atom stereocenters. The topological polar surface area (TPSA) is 69.6 Å². The van der Waals surface area contributed by atoms with Crippen LogP contribution in [-0.2, 0) is 0 Å². The molecule has 22 heavy (non-hydrogen) atoms. The van der Waals surface area contributed by atoms with Crippen molar-refractivity contribution in [3.8, 4) is 0 Å². The lowest BCUT2D eigenvalue weighted by Crippen LogP contribution is -2.28. The van der Waals surface area contributed by atoms with Crippen molar-refractivity contribution in [1.82, 2.24) is 10.2 Å². The lowest BCUT2D eigenvalue weighted by Gasteiger charge is -2.12. The fourth-order valence-electron chi connectivity index (χ4n) is 1.93. The second-order valence-electron chi connectivity index (χ2n) is 5.06. The Morgan fingerprint density at radius 1 is 1.27 bits per heavy atom. The number of hydrogen-bond donors (Lipinski definition) is 2. The molecule has 0 bridgehead atoms. The SMILES string of the molecule is CN(C)C(=O)c1cccc(C(=O)NCC(O)c2ccsc2)c1. The molecule has 0 aliphatic carbocycles. The number of aliphatic hydroxyl groups excluding tert-OH is 1. The zero-order valence-corrected chi connectivity index (χ0v) is 13.3. The Kier molecular flexibility index (Phi) is 5.30. The third-order valence-electron chi connectivity index (χ3n) is 3.16. The number of hydrogen-bond acceptors (Lipinski definition) is 4. The summed E-state index contributed by atoms with van der Waals surface area (Å²) in [5.41, 5.74) is 1.63. The summed E-state index contributed by atoms with van der Waals surface area (Å²) >= 11 is 1.49. The zero-order valence-electron chi connectivity index (χ0n) is 12.4. The molecule has 0 aliphatic rings. The Morgan fingerprint density at radius 3 is 2.64 bits per heavy atom. The molecule has 1 heterocycles. The standard InChI is InChI=1S/C16H18N2O3S/c1-18(2)16(21)12-5-3-4-11(8-12)15(20)17-9-14(19)13-6-7-22-10-13/h3-8,10,14,19H,9H2,1-2H3,(H,17,20). The smallest absolute Gasteiger partial charge is 0.253 e. The van der Waals surface area contributed by atoms with Crippen molar-refractivity contribution in [3.05, 3.63) is 57.8 Å². The molecule has 2 N–H and O–H groups in total. The summed E-state index contributed by atoms with van der Waals surface area (Å²) < 4.78 is 0. The van der Waals surface area contributed by atoms with Gasteiger partial charge >= 0.3 is 0 Å². The normalized spacial score (nSPS) is 11.8. The van der Waals surface area contributed by atoms with Crippen LogP contribution >= 0.6 is 11.3 Å². The van der Waals surface area contributed by atoms with Gasteiger partial charge in [-0.2, -0.15) is 11.3 Å². The molecule has 0 saturated carbocycles. The van der Waals surface area contributed by atoms with E-state index in [-0.39, 0.29) is 18.4 Å². The quantitative estimate of drug-likeness (QED) is 0.885. The zero-order chi connectivity index (χ0) is 16.1. The van der Waals surface area contributed by atoms with Gasteiger partial charge in [0.1, 0.15) is 0 Å². The minimum absolute atomic E-state index is 0.126. The molecule has 1 aromatic heterocycles. The molecule has 5 nitrogen and oxygen atoms in total. The molecule has 0 fully saturated rings. The minimum atomic E-state index is -0.734. The van der Waals surface area contributed by atoms with Gasteiger partial charge in [-0.05, 0) is 40.6 Å². The average molecular weight is 318 g/mol. The molecule has 0 radical (unpaired) electrons. The number of aliphatic hydroxyl groups is 1. The Bertz CT molecular complexity index is 653. The van der Waals surface area contributed by atoms with Gasteiger partial charge in [0, 0.05) is 31.8 Å². The van der Waals surface area contributed by atoms with Gasteiger partial charge in [0.15, 0.2) is 0 Å². The summed E-state index contributed by atoms with van der Waals surface area (Å²) in [6.07, 6.45) is -0.734. The van der Waals surface area contributed by atoms with E-state index in [2.05, 4.69) is 5.32 Å². The van der Waals surface area contributed by atoms with E-state index in [9.17, 15) is 14.7 Å². The third kappa shape index (κ3) is 3.93. The van der Waals surface area contributed by atoms with E-state index in [1.54, 1.807) is 38.4 Å². The first kappa shape index (κ1) is 16.2. The molecule has 0 saturated heterocycles. The van der Waals surface area contributed by atoms with Crippen LogP contribution in [0, 0.1) is 0 Å². The van der Waals surface area contributed by atoms with Gasteiger partial charge in [-0.1, -0.05) is 6.07 Å². The van der Waals surface area contributed by atoms with Gasteiger partial charge in [0.05, 0.1) is 6.10 Å². The van der Waals surface area contributed by atoms with Crippen LogP contribution in [0.25, 0.3) is 0 Å². The van der Waals surface area contributed by atoms with Crippen LogP contribution in [0.5, 0.6) is 0 Å². The fraction of sp³-hybridized carbons (Fsp3) is 0.250. The van der Waals surface area contributed by atoms with E-state index in [0.717, 1.165) is 5.56 Å². The van der Waals surface area contributed by atoms with Crippen molar-refractivity contribution < 1.29 is 14.7 Å². The number of nitrogens with zero attached hydrogens (tertiary/aromatic N) is 1. The summed E-state index contributed by atoms with van der Waals surface area (Å²) in [4.78, 5) is 25.5. The van der Waals surface area contributed by atoms with E-state index >= 15 is 0 Å². The number of thiophene rings is 1. The maximum absolute atomic E-state index is 12.1. The predicted octanol–water partition coefficient (Wildman–Crippen LogP) is 1.91. The Balaban J connectivity index is 2.01. The molecule has 0 aliphatic heterocycles. The van der Waals surface area contributed by atoms with Crippen molar-refractivity contribution in [1.29, 1.82) is 0 Å². The highest BCUT2D eigenvalue weighted by atomic mass is 32.1. The Morgan fingerprint density at radius 2 is 2.00 bits per heavy atom. The highest BCUT2D eigenvalue weighted by Crippen LogP contribution is 2.15. The molecular formula is C16H18N2O3S. The Hall–Kier alpha value is -2.18. The van der Waals surface area contributed by atoms with E-state index in [0.29, 0.717) is 11.1 Å². The molecule has 1 aromatic carbocycles. The van der Waals surface area contributed by atoms with E-state index in [1.807, 2.05) is 16.8 Å². The molecule has 2 amide bonds. The van der Waals surface area contributed by atoms with E-state index in [1.165, 1.54) is 16.2 Å². The second kappa shape index (κ2) is 7.20. The lowest BCUT2D eigenvalue weighted by atomic mass is 10.1. The summed E-state index contributed by atoms with van der Waals surface area (Å²) in [7, 11) is 3.32. The van der Waals surface area contributed by atoms with Crippen LogP contribution in [-0.4, -0.2) is 42.5 Å². The van der Waals surface area contributed by atoms with Gasteiger partial charge in [0.2, 0.25) is 0 Å². The van der Waals surface area contributed by atoms with Crippen molar-refractivity contribution >= 4 is 23.2 Å². The minimum Gasteiger partial charge on any atom is -0.387 e. The molecule has 1 unspecified atom stereocenters. The van der Waals surface area contributed by atoms with Gasteiger partial charge in [-0.15, -0.1) is 0 Å². The van der Waals surface area contributed by atoms with Gasteiger partial charge < -0.3 is 15.3 Å². The van der Waals surface area contributed by atoms with Crippen molar-refractivity contribution in [2.24, 2.45) is 0 Å². The number of carbonyl (C=O) groups is 2. The van der Waals surface area contributed by atoms with Crippen LogP contribution in [0.1, 0.15) is 32.4 Å². The maximum atomic E-state index is 12.1. The van der Waals surface area contributed by atoms with Crippen LogP contribution in [0.3, 0.4) is 0 Å². The fourth-order valence-corrected chi connectivity index (χ4v) is 2.63. The summed E-state index contributed by atoms with van der Waals surface area (Å²) in [6, 6.07) is 8.34. The first-order valence-electron chi connectivity index (χ1n) is 6.79. The highest BCUT2D eigenvalue weighted by Gasteiger charge is 2.13. The molecule has 6 heteroatoms. The van der Waals surface area contributed by atoms with Crippen LogP contribution in [0.4, 0.5) is 0 Å². The predicted molar refractivity (Wildman–Crippen MR) is 86.1 cm³/mol. The summed E-state index contributed by atoms with van der Waals surface area (Å²) in [5, 5.41) is 16.3. The second-order valence-corrected chi connectivity index (χ2v) is 5.84. The van der Waals surface area contributed by atoms with Crippen LogP contribution in [0.2, 0.25) is 0 Å². The molecule has 2 aromatic rings. The summed E-state index contributed by atoms with van der Waals surface area (Å²) in [6.45, 7) is 0.126. The number of carbonyl (C=O) groups excluding carboxylic acids is 2. The lowest BCUT2D eigenvalue weighted by molar-refractivity contribution is 0.0827. The largest absolute Gasteiger partial charge is 0.387 e. The highest BCUT2D eigenvalue weighted by molar-refractivity contribution is 7.07. The van der Waals surface area contributed by atoms with Crippen LogP contribution < -0.4 is 5.32 Å². The number of amides is 2. The number of benzene rings is 1. The van der Waals surface area contributed by atoms with Gasteiger partial charge in [-0.3, -0.25) is 9.59 Å². The van der Waals surface area contributed by atoms with E-state index in [4.69, 9.17) is 0 Å². The van der Waals surface area contributed by atoms with Crippen LogP contribution in [0.15, 0.2) is 41.1 Å².